The summed E-state index contributed by atoms with van der Waals surface area (Å²) in [7, 11) is 1.65. The van der Waals surface area contributed by atoms with E-state index >= 15 is 0 Å². The molecule has 2 rings (SSSR count). The van der Waals surface area contributed by atoms with Crippen molar-refractivity contribution < 1.29 is 9.84 Å². The molecule has 100 valence electrons. The van der Waals surface area contributed by atoms with Gasteiger partial charge in [-0.2, -0.15) is 0 Å². The number of aliphatic hydroxyl groups excluding tert-OH is 1. The Bertz CT molecular complexity index is 517. The first kappa shape index (κ1) is 13.6. The van der Waals surface area contributed by atoms with Crippen molar-refractivity contribution >= 4 is 0 Å². The summed E-state index contributed by atoms with van der Waals surface area (Å²) in [4.78, 5) is 0. The van der Waals surface area contributed by atoms with Crippen molar-refractivity contribution in [3.05, 3.63) is 65.2 Å². The first-order chi connectivity index (χ1) is 9.17. The molecule has 0 amide bonds. The molecule has 0 bridgehead atoms. The number of rotatable bonds is 5. The van der Waals surface area contributed by atoms with Crippen LogP contribution in [0.15, 0.2) is 48.5 Å². The van der Waals surface area contributed by atoms with E-state index in [1.54, 1.807) is 7.11 Å². The lowest BCUT2D eigenvalue weighted by Crippen LogP contribution is -2.13. The van der Waals surface area contributed by atoms with Crippen LogP contribution in [0.4, 0.5) is 0 Å². The van der Waals surface area contributed by atoms with Crippen molar-refractivity contribution in [3.63, 3.8) is 0 Å². The number of hydrogen-bond acceptors (Lipinski definition) is 2. The SMILES string of the molecule is COc1ccc(CC(O)Cc2cccc(C)c2)cc1. The Hall–Kier alpha value is -1.80. The van der Waals surface area contributed by atoms with E-state index in [0.717, 1.165) is 11.3 Å². The summed E-state index contributed by atoms with van der Waals surface area (Å²) in [6.45, 7) is 2.07. The second kappa shape index (κ2) is 6.39. The number of ether oxygens (including phenoxy) is 1. The highest BCUT2D eigenvalue weighted by molar-refractivity contribution is 5.28. The molecule has 0 saturated carbocycles. The Balaban J connectivity index is 1.95. The first-order valence-corrected chi connectivity index (χ1v) is 6.54. The standard InChI is InChI=1S/C17H20O2/c1-13-4-3-5-15(10-13)12-16(18)11-14-6-8-17(19-2)9-7-14/h3-10,16,18H,11-12H2,1-2H3. The Kier molecular flexibility index (Phi) is 4.58. The molecule has 0 aliphatic carbocycles. The van der Waals surface area contributed by atoms with Crippen LogP contribution in [0.3, 0.4) is 0 Å². The highest BCUT2D eigenvalue weighted by Crippen LogP contribution is 2.14. The molecule has 0 spiro atoms. The molecule has 2 heteroatoms. The van der Waals surface area contributed by atoms with Crippen LogP contribution in [0.25, 0.3) is 0 Å². The lowest BCUT2D eigenvalue weighted by molar-refractivity contribution is 0.175. The van der Waals surface area contributed by atoms with Crippen LogP contribution in [0.5, 0.6) is 5.75 Å². The predicted molar refractivity (Wildman–Crippen MR) is 77.6 cm³/mol. The van der Waals surface area contributed by atoms with E-state index in [1.807, 2.05) is 30.3 Å². The largest absolute Gasteiger partial charge is 0.497 e. The maximum Gasteiger partial charge on any atom is 0.118 e. The molecule has 2 aromatic rings. The number of aliphatic hydroxyl groups is 1. The van der Waals surface area contributed by atoms with Gasteiger partial charge in [-0.1, -0.05) is 42.0 Å². The molecule has 0 fully saturated rings. The average molecular weight is 256 g/mol. The smallest absolute Gasteiger partial charge is 0.118 e. The second-order valence-corrected chi connectivity index (χ2v) is 4.90. The number of aryl methyl sites for hydroxylation is 1. The van der Waals surface area contributed by atoms with Crippen LogP contribution in [0.1, 0.15) is 16.7 Å². The van der Waals surface area contributed by atoms with Gasteiger partial charge in [-0.25, -0.2) is 0 Å². The number of methoxy groups -OCH3 is 1. The fourth-order valence-electron chi connectivity index (χ4n) is 2.22. The van der Waals surface area contributed by atoms with Crippen molar-refractivity contribution in [1.82, 2.24) is 0 Å². The van der Waals surface area contributed by atoms with Crippen LogP contribution < -0.4 is 4.74 Å². The highest BCUT2D eigenvalue weighted by Gasteiger charge is 2.07. The van der Waals surface area contributed by atoms with E-state index in [-0.39, 0.29) is 6.10 Å². The van der Waals surface area contributed by atoms with Gasteiger partial charge in [-0.05, 0) is 43.0 Å². The topological polar surface area (TPSA) is 29.5 Å². The Morgan fingerprint density at radius 2 is 1.68 bits per heavy atom. The van der Waals surface area contributed by atoms with Crippen LogP contribution in [-0.2, 0) is 12.8 Å². The molecule has 1 N–H and O–H groups in total. The summed E-state index contributed by atoms with van der Waals surface area (Å²) >= 11 is 0. The van der Waals surface area contributed by atoms with Crippen molar-refractivity contribution in [2.45, 2.75) is 25.9 Å². The summed E-state index contributed by atoms with van der Waals surface area (Å²) in [6.07, 6.45) is 1.00. The molecular weight excluding hydrogens is 236 g/mol. The molecular formula is C17H20O2. The van der Waals surface area contributed by atoms with Gasteiger partial charge in [-0.15, -0.1) is 0 Å². The van der Waals surface area contributed by atoms with Gasteiger partial charge < -0.3 is 9.84 Å². The lowest BCUT2D eigenvalue weighted by Gasteiger charge is -2.11. The van der Waals surface area contributed by atoms with Crippen molar-refractivity contribution in [1.29, 1.82) is 0 Å². The monoisotopic (exact) mass is 256 g/mol. The summed E-state index contributed by atoms with van der Waals surface area (Å²) in [5.74, 6) is 0.844. The van der Waals surface area contributed by atoms with E-state index in [0.29, 0.717) is 12.8 Å². The van der Waals surface area contributed by atoms with Gasteiger partial charge in [0, 0.05) is 0 Å². The van der Waals surface area contributed by atoms with Crippen LogP contribution in [-0.4, -0.2) is 18.3 Å². The molecule has 0 aliphatic heterocycles. The third-order valence-corrected chi connectivity index (χ3v) is 3.18. The normalized spacial score (nSPS) is 12.2. The average Bonchev–Trinajstić information content (AvgIpc) is 2.39. The zero-order chi connectivity index (χ0) is 13.7. The third kappa shape index (κ3) is 4.11. The fraction of sp³-hybridized carbons (Fsp3) is 0.294. The van der Waals surface area contributed by atoms with Crippen LogP contribution >= 0.6 is 0 Å². The van der Waals surface area contributed by atoms with Crippen molar-refractivity contribution in [2.75, 3.05) is 7.11 Å². The van der Waals surface area contributed by atoms with Crippen LogP contribution in [0, 0.1) is 6.92 Å². The molecule has 0 saturated heterocycles. The zero-order valence-corrected chi connectivity index (χ0v) is 11.5. The van der Waals surface area contributed by atoms with Gasteiger partial charge in [0.2, 0.25) is 0 Å². The molecule has 1 atom stereocenters. The summed E-state index contributed by atoms with van der Waals surface area (Å²) in [5.41, 5.74) is 3.54. The summed E-state index contributed by atoms with van der Waals surface area (Å²) in [5, 5.41) is 10.1. The van der Waals surface area contributed by atoms with Crippen molar-refractivity contribution in [2.24, 2.45) is 0 Å². The zero-order valence-electron chi connectivity index (χ0n) is 11.5. The van der Waals surface area contributed by atoms with Gasteiger partial charge in [-0.3, -0.25) is 0 Å². The Morgan fingerprint density at radius 1 is 1.00 bits per heavy atom. The van der Waals surface area contributed by atoms with E-state index < -0.39 is 0 Å². The molecule has 0 aliphatic rings. The summed E-state index contributed by atoms with van der Waals surface area (Å²) in [6, 6.07) is 16.1. The molecule has 0 aromatic heterocycles. The van der Waals surface area contributed by atoms with E-state index in [9.17, 15) is 5.11 Å². The second-order valence-electron chi connectivity index (χ2n) is 4.90. The summed E-state index contributed by atoms with van der Waals surface area (Å²) < 4.78 is 5.12. The minimum atomic E-state index is -0.352. The quantitative estimate of drug-likeness (QED) is 0.890. The minimum absolute atomic E-state index is 0.352. The molecule has 0 radical (unpaired) electrons. The Labute approximate surface area is 114 Å². The Morgan fingerprint density at radius 3 is 2.32 bits per heavy atom. The molecule has 19 heavy (non-hydrogen) atoms. The van der Waals surface area contributed by atoms with Crippen molar-refractivity contribution in [3.8, 4) is 5.75 Å². The van der Waals surface area contributed by atoms with Crippen LogP contribution in [0.2, 0.25) is 0 Å². The third-order valence-electron chi connectivity index (χ3n) is 3.18. The van der Waals surface area contributed by atoms with E-state index in [4.69, 9.17) is 4.74 Å². The highest BCUT2D eigenvalue weighted by atomic mass is 16.5. The molecule has 0 heterocycles. The van der Waals surface area contributed by atoms with Gasteiger partial charge in [0.15, 0.2) is 0 Å². The maximum atomic E-state index is 10.1. The van der Waals surface area contributed by atoms with Gasteiger partial charge in [0.25, 0.3) is 0 Å². The van der Waals surface area contributed by atoms with E-state index in [1.165, 1.54) is 11.1 Å². The maximum absolute atomic E-state index is 10.1. The molecule has 2 nitrogen and oxygen atoms in total. The predicted octanol–water partition coefficient (Wildman–Crippen LogP) is 3.15. The minimum Gasteiger partial charge on any atom is -0.497 e. The van der Waals surface area contributed by atoms with Gasteiger partial charge in [0.05, 0.1) is 13.2 Å². The fourth-order valence-corrected chi connectivity index (χ4v) is 2.22. The number of hydrogen-bond donors (Lipinski definition) is 1. The first-order valence-electron chi connectivity index (χ1n) is 6.54. The molecule has 1 unspecified atom stereocenters. The number of benzene rings is 2. The lowest BCUT2D eigenvalue weighted by atomic mass is 10.0. The van der Waals surface area contributed by atoms with Gasteiger partial charge >= 0.3 is 0 Å². The van der Waals surface area contributed by atoms with E-state index in [2.05, 4.69) is 25.1 Å². The van der Waals surface area contributed by atoms with Gasteiger partial charge in [0.1, 0.15) is 5.75 Å². The molecule has 2 aromatic carbocycles.